The van der Waals surface area contributed by atoms with Gasteiger partial charge in [0.2, 0.25) is 0 Å². The molecular weight excluding hydrogens is 419 g/mol. The van der Waals surface area contributed by atoms with E-state index in [2.05, 4.69) is 0 Å². The van der Waals surface area contributed by atoms with Gasteiger partial charge in [-0.25, -0.2) is 9.97 Å². The molecule has 0 atom stereocenters. The minimum Gasteiger partial charge on any atom is -0.282 e. The third-order valence-electron chi connectivity index (χ3n) is 4.99. The second-order valence-corrected chi connectivity index (χ2v) is 8.40. The molecule has 0 aliphatic carbocycles. The van der Waals surface area contributed by atoms with E-state index in [0.717, 1.165) is 27.9 Å². The Morgan fingerprint density at radius 3 is 1.58 bits per heavy atom. The number of aromatic nitrogens is 2. The van der Waals surface area contributed by atoms with Gasteiger partial charge in [-0.3, -0.25) is 4.55 Å². The first-order valence-corrected chi connectivity index (χ1v) is 10.8. The number of hydrogen-bond acceptors (Lipinski definition) is 4. The molecule has 0 aliphatic rings. The van der Waals surface area contributed by atoms with Crippen LogP contribution in [0.25, 0.3) is 44.3 Å². The van der Waals surface area contributed by atoms with Gasteiger partial charge in [-0.2, -0.15) is 8.42 Å². The third-order valence-corrected chi connectivity index (χ3v) is 5.84. The van der Waals surface area contributed by atoms with Crippen LogP contribution >= 0.6 is 0 Å². The first-order chi connectivity index (χ1) is 14.5. The molecule has 31 heavy (non-hydrogen) atoms. The van der Waals surface area contributed by atoms with Crippen LogP contribution < -0.4 is 0 Å². The zero-order valence-electron chi connectivity index (χ0n) is 16.7. The Kier molecular flexibility index (Phi) is 5.92. The van der Waals surface area contributed by atoms with Gasteiger partial charge in [0, 0.05) is 40.7 Å². The largest absolute Gasteiger partial charge is 0.294 e. The fraction of sp³-hybridized carbons (Fsp3) is 0. The van der Waals surface area contributed by atoms with E-state index in [9.17, 15) is 13.0 Å². The zero-order valence-corrected chi connectivity index (χ0v) is 19.5. The molecule has 4 aromatic carbocycles. The van der Waals surface area contributed by atoms with Crippen molar-refractivity contribution in [3.05, 3.63) is 91.0 Å². The van der Waals surface area contributed by atoms with Crippen LogP contribution in [0.1, 0.15) is 0 Å². The standard InChI is InChI=1S/C24H16N2O3S.Na/c27-30(28,29)20-12-11-18-14-21-22(15-19(18)13-20)26-24(17-9-5-2-6-10-17)23(25-21)16-7-3-1-4-8-16;/h1-15H,(H,27,28,29);. The van der Waals surface area contributed by atoms with Crippen molar-refractivity contribution in [2.24, 2.45) is 0 Å². The molecule has 0 aliphatic heterocycles. The minimum absolute atomic E-state index is 0. The zero-order chi connectivity index (χ0) is 20.7. The normalized spacial score (nSPS) is 11.4. The van der Waals surface area contributed by atoms with Crippen LogP contribution in [0.5, 0.6) is 0 Å². The summed E-state index contributed by atoms with van der Waals surface area (Å²) in [7, 11) is -4.28. The Bertz CT molecular complexity index is 1510. The van der Waals surface area contributed by atoms with Crippen LogP contribution in [0.4, 0.5) is 0 Å². The maximum Gasteiger partial charge on any atom is 0.294 e. The van der Waals surface area contributed by atoms with Crippen molar-refractivity contribution in [2.75, 3.05) is 0 Å². The summed E-state index contributed by atoms with van der Waals surface area (Å²) in [5, 5.41) is 1.48. The quantitative estimate of drug-likeness (QED) is 0.246. The van der Waals surface area contributed by atoms with Gasteiger partial charge in [0.15, 0.2) is 0 Å². The average molecular weight is 435 g/mol. The summed E-state index contributed by atoms with van der Waals surface area (Å²) < 4.78 is 32.4. The van der Waals surface area contributed by atoms with Gasteiger partial charge in [0.05, 0.1) is 27.3 Å². The summed E-state index contributed by atoms with van der Waals surface area (Å²) in [6.45, 7) is 0. The molecule has 1 N–H and O–H groups in total. The molecule has 5 aromatic rings. The Hall–Kier alpha value is -2.61. The van der Waals surface area contributed by atoms with E-state index < -0.39 is 10.1 Å². The van der Waals surface area contributed by atoms with E-state index in [0.29, 0.717) is 16.4 Å². The van der Waals surface area contributed by atoms with Crippen molar-refractivity contribution < 1.29 is 13.0 Å². The molecule has 0 saturated heterocycles. The van der Waals surface area contributed by atoms with Crippen molar-refractivity contribution >= 4 is 61.5 Å². The molecular formula is C24H16N2NaO3S. The Balaban J connectivity index is 0.00000231. The smallest absolute Gasteiger partial charge is 0.282 e. The Labute approximate surface area is 201 Å². The second kappa shape index (κ2) is 8.49. The van der Waals surface area contributed by atoms with Gasteiger partial charge in [0.25, 0.3) is 10.1 Å². The maximum atomic E-state index is 11.5. The number of fused-ring (bicyclic) bond motifs is 2. The van der Waals surface area contributed by atoms with E-state index in [1.807, 2.05) is 66.7 Å². The van der Waals surface area contributed by atoms with Gasteiger partial charge in [0.1, 0.15) is 0 Å². The van der Waals surface area contributed by atoms with E-state index >= 15 is 0 Å². The van der Waals surface area contributed by atoms with Crippen molar-refractivity contribution in [2.45, 2.75) is 4.90 Å². The van der Waals surface area contributed by atoms with Crippen LogP contribution in [0, 0.1) is 0 Å². The first-order valence-electron chi connectivity index (χ1n) is 9.33. The van der Waals surface area contributed by atoms with Crippen LogP contribution in [0.15, 0.2) is 95.9 Å². The van der Waals surface area contributed by atoms with Gasteiger partial charge >= 0.3 is 0 Å². The molecule has 5 nitrogen and oxygen atoms in total. The van der Waals surface area contributed by atoms with Crippen molar-refractivity contribution in [1.29, 1.82) is 0 Å². The first kappa shape index (κ1) is 21.6. The molecule has 0 saturated carbocycles. The van der Waals surface area contributed by atoms with Gasteiger partial charge in [-0.15, -0.1) is 0 Å². The fourth-order valence-corrected chi connectivity index (χ4v) is 4.05. The van der Waals surface area contributed by atoms with E-state index in [1.54, 1.807) is 12.1 Å². The number of hydrogen-bond donors (Lipinski definition) is 1. The van der Waals surface area contributed by atoms with Gasteiger partial charge in [-0.1, -0.05) is 66.7 Å². The predicted molar refractivity (Wildman–Crippen MR) is 123 cm³/mol. The molecule has 0 spiro atoms. The number of rotatable bonds is 3. The average Bonchev–Trinajstić information content (AvgIpc) is 2.77. The summed E-state index contributed by atoms with van der Waals surface area (Å²) in [5.41, 5.74) is 4.79. The third kappa shape index (κ3) is 4.26. The maximum absolute atomic E-state index is 11.5. The summed E-state index contributed by atoms with van der Waals surface area (Å²) in [6.07, 6.45) is 0. The molecule has 7 heteroatoms. The van der Waals surface area contributed by atoms with Gasteiger partial charge in [-0.05, 0) is 35.0 Å². The second-order valence-electron chi connectivity index (χ2n) is 6.98. The van der Waals surface area contributed by atoms with Crippen LogP contribution in [0.3, 0.4) is 0 Å². The van der Waals surface area contributed by atoms with Crippen LogP contribution in [-0.2, 0) is 10.1 Å². The van der Waals surface area contributed by atoms with Crippen molar-refractivity contribution in [1.82, 2.24) is 9.97 Å². The summed E-state index contributed by atoms with van der Waals surface area (Å²) in [6, 6.07) is 27.9. The molecule has 0 fully saturated rings. The summed E-state index contributed by atoms with van der Waals surface area (Å²) in [5.74, 6) is 0. The molecule has 1 aromatic heterocycles. The topological polar surface area (TPSA) is 80.2 Å². The Morgan fingerprint density at radius 2 is 1.10 bits per heavy atom. The van der Waals surface area contributed by atoms with Crippen LogP contribution in [-0.4, -0.2) is 52.5 Å². The number of nitrogens with zero attached hydrogens (tertiary/aromatic N) is 2. The molecule has 0 unspecified atom stereocenters. The molecule has 0 bridgehead atoms. The fourth-order valence-electron chi connectivity index (χ4n) is 3.53. The molecule has 147 valence electrons. The molecule has 1 heterocycles. The minimum atomic E-state index is -4.28. The van der Waals surface area contributed by atoms with Crippen molar-refractivity contribution in [3.63, 3.8) is 0 Å². The summed E-state index contributed by atoms with van der Waals surface area (Å²) in [4.78, 5) is 9.66. The van der Waals surface area contributed by atoms with E-state index in [1.165, 1.54) is 12.1 Å². The van der Waals surface area contributed by atoms with Gasteiger partial charge < -0.3 is 0 Å². The predicted octanol–water partition coefficient (Wildman–Crippen LogP) is 4.98. The number of benzene rings is 4. The Morgan fingerprint density at radius 1 is 0.613 bits per heavy atom. The monoisotopic (exact) mass is 435 g/mol. The summed E-state index contributed by atoms with van der Waals surface area (Å²) >= 11 is 0. The SMILES string of the molecule is O=S(=O)(O)c1ccc2cc3nc(-c4ccccc4)c(-c4ccccc4)nc3cc2c1.[Na]. The molecule has 1 radical (unpaired) electrons. The van der Waals surface area contributed by atoms with Crippen LogP contribution in [0.2, 0.25) is 0 Å². The van der Waals surface area contributed by atoms with Crippen molar-refractivity contribution in [3.8, 4) is 22.5 Å². The molecule has 0 amide bonds. The van der Waals surface area contributed by atoms with E-state index in [4.69, 9.17) is 9.97 Å². The van der Waals surface area contributed by atoms with E-state index in [-0.39, 0.29) is 34.5 Å². The molecule has 5 rings (SSSR count).